The molecule has 1 amide bonds. The Morgan fingerprint density at radius 2 is 1.75 bits per heavy atom. The van der Waals surface area contributed by atoms with Gasteiger partial charge in [-0.15, -0.1) is 11.3 Å². The molecular weight excluding hydrogens is 322 g/mol. The van der Waals surface area contributed by atoms with Crippen LogP contribution < -0.4 is 10.6 Å². The van der Waals surface area contributed by atoms with Crippen molar-refractivity contribution in [2.24, 2.45) is 0 Å². The Balaban J connectivity index is 1.75. The van der Waals surface area contributed by atoms with Gasteiger partial charge in [-0.05, 0) is 38.0 Å². The molecule has 3 aromatic rings. The quantitative estimate of drug-likeness (QED) is 0.754. The van der Waals surface area contributed by atoms with Gasteiger partial charge in [0.2, 0.25) is 5.95 Å². The second-order valence-corrected chi connectivity index (χ2v) is 6.32. The van der Waals surface area contributed by atoms with Gasteiger partial charge < -0.3 is 10.6 Å². The molecule has 0 saturated heterocycles. The van der Waals surface area contributed by atoms with Gasteiger partial charge in [0.25, 0.3) is 5.91 Å². The SMILES string of the molecule is Cc1cc(C)c(NC(=O)c2csc(Nc3ncccn3)n2)c(C)c1. The van der Waals surface area contributed by atoms with E-state index in [4.69, 9.17) is 0 Å². The number of nitrogens with zero attached hydrogens (tertiary/aromatic N) is 3. The lowest BCUT2D eigenvalue weighted by Crippen LogP contribution is -2.14. The van der Waals surface area contributed by atoms with Crippen molar-refractivity contribution in [2.45, 2.75) is 20.8 Å². The van der Waals surface area contributed by atoms with Crippen LogP contribution in [0.5, 0.6) is 0 Å². The molecule has 7 heteroatoms. The minimum Gasteiger partial charge on any atom is -0.320 e. The average molecular weight is 339 g/mol. The third-order valence-corrected chi connectivity index (χ3v) is 4.19. The van der Waals surface area contributed by atoms with Gasteiger partial charge in [0.15, 0.2) is 5.13 Å². The number of hydrogen-bond acceptors (Lipinski definition) is 6. The molecule has 2 heterocycles. The molecule has 0 unspecified atom stereocenters. The Hall–Kier alpha value is -2.80. The monoisotopic (exact) mass is 339 g/mol. The van der Waals surface area contributed by atoms with Gasteiger partial charge in [-0.25, -0.2) is 15.0 Å². The van der Waals surface area contributed by atoms with Crippen LogP contribution >= 0.6 is 11.3 Å². The molecule has 2 aromatic heterocycles. The van der Waals surface area contributed by atoms with Crippen LogP contribution in [0.2, 0.25) is 0 Å². The summed E-state index contributed by atoms with van der Waals surface area (Å²) in [4.78, 5) is 24.9. The average Bonchev–Trinajstić information content (AvgIpc) is 3.00. The second kappa shape index (κ2) is 6.76. The van der Waals surface area contributed by atoms with Crippen LogP contribution in [0, 0.1) is 20.8 Å². The van der Waals surface area contributed by atoms with Gasteiger partial charge in [-0.2, -0.15) is 0 Å². The summed E-state index contributed by atoms with van der Waals surface area (Å²) in [5.74, 6) is 0.215. The molecule has 0 saturated carbocycles. The Kier molecular flexibility index (Phi) is 4.52. The zero-order chi connectivity index (χ0) is 17.1. The van der Waals surface area contributed by atoms with E-state index < -0.39 is 0 Å². The Morgan fingerprint density at radius 1 is 1.08 bits per heavy atom. The van der Waals surface area contributed by atoms with E-state index in [-0.39, 0.29) is 5.91 Å². The molecule has 0 fully saturated rings. The molecule has 3 rings (SSSR count). The Morgan fingerprint density at radius 3 is 2.42 bits per heavy atom. The van der Waals surface area contributed by atoms with E-state index in [0.717, 1.165) is 16.8 Å². The maximum atomic E-state index is 12.4. The zero-order valence-electron chi connectivity index (χ0n) is 13.6. The minimum atomic E-state index is -0.233. The van der Waals surface area contributed by atoms with Gasteiger partial charge in [0.1, 0.15) is 5.69 Å². The summed E-state index contributed by atoms with van der Waals surface area (Å²) in [6.45, 7) is 6.00. The molecule has 0 radical (unpaired) electrons. The largest absolute Gasteiger partial charge is 0.320 e. The first-order chi connectivity index (χ1) is 11.5. The number of anilines is 3. The summed E-state index contributed by atoms with van der Waals surface area (Å²) in [6.07, 6.45) is 3.28. The first kappa shape index (κ1) is 16.1. The van der Waals surface area contributed by atoms with Gasteiger partial charge in [-0.3, -0.25) is 4.79 Å². The highest BCUT2D eigenvalue weighted by Gasteiger charge is 2.14. The fourth-order valence-corrected chi connectivity index (χ4v) is 3.13. The van der Waals surface area contributed by atoms with E-state index in [0.29, 0.717) is 16.8 Å². The highest BCUT2D eigenvalue weighted by molar-refractivity contribution is 7.14. The predicted octanol–water partition coefficient (Wildman–Crippen LogP) is 3.85. The van der Waals surface area contributed by atoms with E-state index in [9.17, 15) is 4.79 Å². The van der Waals surface area contributed by atoms with E-state index in [2.05, 4.69) is 25.6 Å². The van der Waals surface area contributed by atoms with Crippen LogP contribution in [0.3, 0.4) is 0 Å². The lowest BCUT2D eigenvalue weighted by atomic mass is 10.1. The van der Waals surface area contributed by atoms with Gasteiger partial charge in [0.05, 0.1) is 0 Å². The van der Waals surface area contributed by atoms with Crippen molar-refractivity contribution in [3.63, 3.8) is 0 Å². The molecule has 1 aromatic carbocycles. The summed E-state index contributed by atoms with van der Waals surface area (Å²) >= 11 is 1.33. The van der Waals surface area contributed by atoms with Crippen molar-refractivity contribution in [1.29, 1.82) is 0 Å². The van der Waals surface area contributed by atoms with Gasteiger partial charge >= 0.3 is 0 Å². The van der Waals surface area contributed by atoms with E-state index in [1.807, 2.05) is 32.9 Å². The number of aryl methyl sites for hydroxylation is 3. The summed E-state index contributed by atoms with van der Waals surface area (Å²) < 4.78 is 0. The number of aromatic nitrogens is 3. The van der Waals surface area contributed by atoms with Gasteiger partial charge in [-0.1, -0.05) is 17.7 Å². The maximum absolute atomic E-state index is 12.4. The molecule has 0 bridgehead atoms. The fourth-order valence-electron chi connectivity index (χ4n) is 2.45. The van der Waals surface area contributed by atoms with Crippen molar-refractivity contribution in [2.75, 3.05) is 10.6 Å². The normalized spacial score (nSPS) is 10.5. The van der Waals surface area contributed by atoms with Crippen LogP contribution in [-0.2, 0) is 0 Å². The van der Waals surface area contributed by atoms with Crippen molar-refractivity contribution in [3.8, 4) is 0 Å². The first-order valence-electron chi connectivity index (χ1n) is 7.41. The zero-order valence-corrected chi connectivity index (χ0v) is 14.4. The molecule has 24 heavy (non-hydrogen) atoms. The fraction of sp³-hybridized carbons (Fsp3) is 0.176. The van der Waals surface area contributed by atoms with E-state index >= 15 is 0 Å². The molecule has 2 N–H and O–H groups in total. The lowest BCUT2D eigenvalue weighted by molar-refractivity contribution is 0.102. The van der Waals surface area contributed by atoms with Crippen molar-refractivity contribution < 1.29 is 4.79 Å². The minimum absolute atomic E-state index is 0.233. The van der Waals surface area contributed by atoms with Crippen LogP contribution in [0.25, 0.3) is 0 Å². The number of amides is 1. The molecule has 0 atom stereocenters. The van der Waals surface area contributed by atoms with Crippen LogP contribution in [-0.4, -0.2) is 20.9 Å². The summed E-state index contributed by atoms with van der Waals surface area (Å²) in [6, 6.07) is 5.82. The molecule has 0 spiro atoms. The molecule has 0 aliphatic carbocycles. The molecule has 122 valence electrons. The molecule has 6 nitrogen and oxygen atoms in total. The van der Waals surface area contributed by atoms with Crippen LogP contribution in [0.15, 0.2) is 36.0 Å². The standard InChI is InChI=1S/C17H17N5OS/c1-10-7-11(2)14(12(3)8-10)21-15(23)13-9-24-17(20-13)22-16-18-5-4-6-19-16/h4-9H,1-3H3,(H,21,23)(H,18,19,20,22). The summed E-state index contributed by atoms with van der Waals surface area (Å²) in [5.41, 5.74) is 4.43. The third-order valence-electron chi connectivity index (χ3n) is 3.44. The van der Waals surface area contributed by atoms with Crippen molar-refractivity contribution >= 4 is 34.0 Å². The first-order valence-corrected chi connectivity index (χ1v) is 8.29. The molecule has 0 aliphatic heterocycles. The lowest BCUT2D eigenvalue weighted by Gasteiger charge is -2.11. The number of hydrogen-bond donors (Lipinski definition) is 2. The number of thiazole rings is 1. The topological polar surface area (TPSA) is 79.8 Å². The van der Waals surface area contributed by atoms with Crippen molar-refractivity contribution in [3.05, 3.63) is 58.4 Å². The Labute approximate surface area is 144 Å². The van der Waals surface area contributed by atoms with Gasteiger partial charge in [0, 0.05) is 23.5 Å². The van der Waals surface area contributed by atoms with Crippen LogP contribution in [0.4, 0.5) is 16.8 Å². The molecule has 0 aliphatic rings. The number of benzene rings is 1. The Bertz CT molecular complexity index is 853. The number of nitrogens with one attached hydrogen (secondary N) is 2. The van der Waals surface area contributed by atoms with E-state index in [1.165, 1.54) is 16.9 Å². The third kappa shape index (κ3) is 3.57. The highest BCUT2D eigenvalue weighted by Crippen LogP contribution is 2.24. The summed E-state index contributed by atoms with van der Waals surface area (Å²) in [7, 11) is 0. The van der Waals surface area contributed by atoms with Crippen molar-refractivity contribution in [1.82, 2.24) is 15.0 Å². The van der Waals surface area contributed by atoms with Crippen LogP contribution in [0.1, 0.15) is 27.2 Å². The smallest absolute Gasteiger partial charge is 0.275 e. The summed E-state index contributed by atoms with van der Waals surface area (Å²) in [5, 5.41) is 8.20. The van der Waals surface area contributed by atoms with E-state index in [1.54, 1.807) is 23.8 Å². The number of carbonyl (C=O) groups excluding carboxylic acids is 1. The second-order valence-electron chi connectivity index (χ2n) is 5.46. The number of rotatable bonds is 4. The number of carbonyl (C=O) groups is 1. The maximum Gasteiger partial charge on any atom is 0.275 e. The molecular formula is C17H17N5OS. The highest BCUT2D eigenvalue weighted by atomic mass is 32.1. The predicted molar refractivity (Wildman–Crippen MR) is 96.0 cm³/mol.